The van der Waals surface area contributed by atoms with Crippen LogP contribution in [0.15, 0.2) is 61.1 Å². The van der Waals surface area contributed by atoms with E-state index in [-0.39, 0.29) is 54.7 Å². The van der Waals surface area contributed by atoms with Crippen LogP contribution in [0.3, 0.4) is 0 Å². The number of piperazine rings is 1. The molecular formula is C56H64Cl2F2N6O10S. The molecule has 0 radical (unpaired) electrons. The topological polar surface area (TPSA) is 169 Å². The van der Waals surface area contributed by atoms with E-state index in [0.717, 1.165) is 26.2 Å². The molecule has 412 valence electrons. The van der Waals surface area contributed by atoms with Crippen molar-refractivity contribution in [2.75, 3.05) is 99.7 Å². The van der Waals surface area contributed by atoms with E-state index in [9.17, 15) is 14.3 Å². The zero-order valence-electron chi connectivity index (χ0n) is 43.7. The van der Waals surface area contributed by atoms with Gasteiger partial charge in [-0.05, 0) is 105 Å². The van der Waals surface area contributed by atoms with E-state index in [2.05, 4.69) is 31.8 Å². The van der Waals surface area contributed by atoms with Crippen LogP contribution in [0, 0.1) is 19.7 Å². The molecule has 0 spiro atoms. The van der Waals surface area contributed by atoms with E-state index in [1.165, 1.54) is 29.8 Å². The third-order valence-corrected chi connectivity index (χ3v) is 16.3. The van der Waals surface area contributed by atoms with Crippen molar-refractivity contribution in [2.45, 2.75) is 76.4 Å². The summed E-state index contributed by atoms with van der Waals surface area (Å²) in [5.41, 5.74) is 2.81. The van der Waals surface area contributed by atoms with Crippen molar-refractivity contribution in [3.8, 4) is 44.7 Å². The Balaban J connectivity index is 0.986. The van der Waals surface area contributed by atoms with Gasteiger partial charge in [0.2, 0.25) is 12.0 Å². The second kappa shape index (κ2) is 26.1. The third-order valence-electron chi connectivity index (χ3n) is 14.3. The normalized spacial score (nSPS) is 20.3. The van der Waals surface area contributed by atoms with E-state index < -0.39 is 29.7 Å². The maximum Gasteiger partial charge on any atom is 0.345 e. The zero-order valence-corrected chi connectivity index (χ0v) is 46.0. The molecule has 3 aliphatic heterocycles. The molecule has 6 heterocycles. The van der Waals surface area contributed by atoms with Gasteiger partial charge in [0.15, 0.2) is 5.75 Å². The van der Waals surface area contributed by atoms with Gasteiger partial charge < -0.3 is 47.9 Å². The molecule has 1 aliphatic carbocycles. The lowest BCUT2D eigenvalue weighted by atomic mass is 9.80. The molecule has 0 amide bonds. The molecule has 4 aliphatic rings. The molecule has 0 unspecified atom stereocenters. The summed E-state index contributed by atoms with van der Waals surface area (Å²) < 4.78 is 78.3. The van der Waals surface area contributed by atoms with Crippen molar-refractivity contribution < 1.29 is 56.6 Å². The number of alkyl halides is 1. The summed E-state index contributed by atoms with van der Waals surface area (Å²) >= 11 is 16.0. The molecule has 16 nitrogen and oxygen atoms in total. The Kier molecular flexibility index (Phi) is 19.1. The lowest BCUT2D eigenvalue weighted by Gasteiger charge is -2.35. The van der Waals surface area contributed by atoms with Crippen LogP contribution in [0.25, 0.3) is 31.8 Å². The molecule has 4 bridgehead atoms. The van der Waals surface area contributed by atoms with Crippen LogP contribution in [-0.4, -0.2) is 158 Å². The number of aliphatic carboxylic acids is 1. The van der Waals surface area contributed by atoms with E-state index >= 15 is 4.39 Å². The molecule has 3 aromatic carbocycles. The lowest BCUT2D eigenvalue weighted by molar-refractivity contribution is -0.145. The van der Waals surface area contributed by atoms with Gasteiger partial charge in [-0.15, -0.1) is 11.3 Å². The average Bonchev–Trinajstić information content (AvgIpc) is 3.83. The molecule has 6 aromatic rings. The number of aromatic nitrogens is 4. The maximum atomic E-state index is 15.9. The van der Waals surface area contributed by atoms with Gasteiger partial charge in [-0.1, -0.05) is 35.3 Å². The second-order valence-electron chi connectivity index (χ2n) is 19.7. The number of carbonyl (C=O) groups is 1. The Bertz CT molecular complexity index is 2950. The summed E-state index contributed by atoms with van der Waals surface area (Å²) in [5.74, 6) is 0.00102. The van der Waals surface area contributed by atoms with Crippen LogP contribution in [0.2, 0.25) is 10.0 Å². The van der Waals surface area contributed by atoms with Crippen molar-refractivity contribution in [1.29, 1.82) is 0 Å². The summed E-state index contributed by atoms with van der Waals surface area (Å²) in [6.45, 7) is 10.3. The highest BCUT2D eigenvalue weighted by molar-refractivity contribution is 7.22. The van der Waals surface area contributed by atoms with Crippen LogP contribution in [0.1, 0.15) is 59.8 Å². The number of nitrogens with zero attached hydrogens (tertiary/aromatic N) is 6. The standard InChI is InChI=1S/C56H64Cl2F2N6O10S/c1-34-45-35(2)49(58)50(48(34)57)75-42(29-66-19-17-65(3)18-20-66)31-73-41-9-10-43(38(27-41)28-44(55(67)68)76-53-47-46(45)51(77-54(47)63-33-62-53)36-5-7-39(59)8-6-36)74-30-40-13-16-61-52(64-40)37-11-14-56(60,15-12-37)32-72-26-25-71-24-23-70-22-21-69-4/h5-10,13,16,27,33,37,42,44H,11-12,14-15,17-26,28-32H2,1-4H3,(H,67,68)/t37-,42-,44-,56+/m1/s1. The number of hydrogen-bond donors (Lipinski definition) is 1. The first kappa shape index (κ1) is 56.4. The van der Waals surface area contributed by atoms with Gasteiger partial charge in [-0.2, -0.15) is 0 Å². The Labute approximate surface area is 460 Å². The number of thiophene rings is 1. The quantitative estimate of drug-likeness (QED) is 0.0760. The van der Waals surface area contributed by atoms with E-state index in [0.29, 0.717) is 143 Å². The van der Waals surface area contributed by atoms with E-state index in [1.807, 2.05) is 13.8 Å². The number of methoxy groups -OCH3 is 1. The van der Waals surface area contributed by atoms with E-state index in [4.69, 9.17) is 66.1 Å². The highest BCUT2D eigenvalue weighted by Crippen LogP contribution is 2.53. The smallest absolute Gasteiger partial charge is 0.345 e. The molecule has 10 rings (SSSR count). The number of carboxylic acid groups (broad SMARTS) is 1. The number of fused-ring (bicyclic) bond motifs is 7. The van der Waals surface area contributed by atoms with Crippen LogP contribution >= 0.6 is 34.5 Å². The molecule has 3 aromatic heterocycles. The third kappa shape index (κ3) is 13.9. The maximum absolute atomic E-state index is 15.9. The predicted molar refractivity (Wildman–Crippen MR) is 290 cm³/mol. The number of carboxylic acids is 1. The average molecular weight is 1120 g/mol. The Morgan fingerprint density at radius 2 is 1.58 bits per heavy atom. The summed E-state index contributed by atoms with van der Waals surface area (Å²) in [6.07, 6.45) is 2.48. The fourth-order valence-electron chi connectivity index (χ4n) is 9.93. The SMILES string of the molecule is COCCOCCOCCOC[C@]1(F)CC[C@@H](c2nccc(COc3ccc4cc3C[C@H](C(=O)O)Oc3ncnc5sc(-c6ccc(F)cc6)c(c35)-c3c(C)c(Cl)c(c(Cl)c3C)O[C@H](CN3CCN(C)CC3)CO4)n2)CC1. The zero-order chi connectivity index (χ0) is 54.1. The van der Waals surface area contributed by atoms with Gasteiger partial charge in [0.25, 0.3) is 0 Å². The number of halogens is 4. The minimum absolute atomic E-state index is 0.00897. The van der Waals surface area contributed by atoms with Crippen molar-refractivity contribution in [1.82, 2.24) is 29.7 Å². The molecule has 1 N–H and O–H groups in total. The van der Waals surface area contributed by atoms with Crippen LogP contribution in [-0.2, 0) is 36.8 Å². The van der Waals surface area contributed by atoms with E-state index in [1.54, 1.807) is 49.7 Å². The van der Waals surface area contributed by atoms with Crippen LogP contribution in [0.4, 0.5) is 8.78 Å². The Hall–Kier alpha value is -5.35. The first-order valence-electron chi connectivity index (χ1n) is 25.9. The minimum Gasteiger partial charge on any atom is -0.490 e. The molecular weight excluding hydrogens is 1060 g/mol. The molecule has 77 heavy (non-hydrogen) atoms. The Morgan fingerprint density at radius 3 is 2.29 bits per heavy atom. The van der Waals surface area contributed by atoms with Crippen molar-refractivity contribution in [3.63, 3.8) is 0 Å². The fourth-order valence-corrected chi connectivity index (χ4v) is 11.6. The largest absolute Gasteiger partial charge is 0.490 e. The van der Waals surface area contributed by atoms with Gasteiger partial charge in [0, 0.05) is 74.4 Å². The monoisotopic (exact) mass is 1120 g/mol. The molecule has 21 heteroatoms. The number of likely N-dealkylation sites (N-methyl/N-ethyl adjacent to an activating group) is 1. The number of ether oxygens (including phenoxy) is 8. The van der Waals surface area contributed by atoms with Gasteiger partial charge >= 0.3 is 5.97 Å². The lowest BCUT2D eigenvalue weighted by Crippen LogP contribution is -2.49. The number of benzene rings is 3. The number of hydrogen-bond acceptors (Lipinski definition) is 16. The first-order valence-corrected chi connectivity index (χ1v) is 27.4. The molecule has 2 fully saturated rings. The Morgan fingerprint density at radius 1 is 0.883 bits per heavy atom. The summed E-state index contributed by atoms with van der Waals surface area (Å²) in [7, 11) is 3.71. The van der Waals surface area contributed by atoms with Gasteiger partial charge in [0.1, 0.15) is 59.3 Å². The number of rotatable bonds is 19. The molecule has 1 saturated heterocycles. The van der Waals surface area contributed by atoms with Gasteiger partial charge in [0.05, 0.1) is 67.4 Å². The van der Waals surface area contributed by atoms with Gasteiger partial charge in [-0.25, -0.2) is 33.5 Å². The van der Waals surface area contributed by atoms with Crippen LogP contribution in [0.5, 0.6) is 23.1 Å². The predicted octanol–water partition coefficient (Wildman–Crippen LogP) is 9.98. The fraction of sp³-hybridized carbons (Fsp3) is 0.482. The van der Waals surface area contributed by atoms with Gasteiger partial charge in [-0.3, -0.25) is 4.90 Å². The van der Waals surface area contributed by atoms with Crippen molar-refractivity contribution in [3.05, 3.63) is 105 Å². The second-order valence-corrected chi connectivity index (χ2v) is 21.5. The summed E-state index contributed by atoms with van der Waals surface area (Å²) in [6, 6.07) is 13.1. The van der Waals surface area contributed by atoms with Crippen molar-refractivity contribution >= 4 is 50.7 Å². The highest BCUT2D eigenvalue weighted by atomic mass is 35.5. The molecule has 1 saturated carbocycles. The summed E-state index contributed by atoms with van der Waals surface area (Å²) in [4.78, 5) is 37.9. The summed E-state index contributed by atoms with van der Waals surface area (Å²) in [5, 5.41) is 12.0. The minimum atomic E-state index is -1.50. The van der Waals surface area contributed by atoms with Crippen LogP contribution < -0.4 is 18.9 Å². The highest BCUT2D eigenvalue weighted by Gasteiger charge is 2.37. The molecule has 2 atom stereocenters. The first-order chi connectivity index (χ1) is 37.3. The van der Waals surface area contributed by atoms with Crippen molar-refractivity contribution in [2.24, 2.45) is 0 Å².